The van der Waals surface area contributed by atoms with E-state index < -0.39 is 0 Å². The van der Waals surface area contributed by atoms with Gasteiger partial charge in [-0.05, 0) is 61.3 Å². The number of amides is 2. The van der Waals surface area contributed by atoms with Gasteiger partial charge in [0.25, 0.3) is 0 Å². The third-order valence-electron chi connectivity index (χ3n) is 7.90. The Bertz CT molecular complexity index is 714. The molecule has 5 aliphatic rings. The molecule has 6 rings (SSSR count). The van der Waals surface area contributed by atoms with Crippen molar-refractivity contribution in [1.29, 1.82) is 0 Å². The summed E-state index contributed by atoms with van der Waals surface area (Å²) in [5.41, 5.74) is 1.12. The second kappa shape index (κ2) is 8.10. The molecule has 0 unspecified atom stereocenters. The molecule has 1 heterocycles. The second-order valence-electron chi connectivity index (χ2n) is 9.82. The number of nitrogens with zero attached hydrogens (tertiary/aromatic N) is 2. The van der Waals surface area contributed by atoms with E-state index in [0.29, 0.717) is 36.8 Å². The van der Waals surface area contributed by atoms with Crippen molar-refractivity contribution in [2.45, 2.75) is 38.6 Å². The fraction of sp³-hybridized carbons (Fsp3) is 0.667. The van der Waals surface area contributed by atoms with Gasteiger partial charge in [0.2, 0.25) is 11.8 Å². The molecule has 5 heteroatoms. The Morgan fingerprint density at radius 1 is 0.862 bits per heavy atom. The minimum absolute atomic E-state index is 0.0645. The minimum atomic E-state index is 0.0645. The lowest BCUT2D eigenvalue weighted by atomic mass is 9.51. The average molecular weight is 396 g/mol. The van der Waals surface area contributed by atoms with Crippen molar-refractivity contribution in [2.24, 2.45) is 29.6 Å². The highest BCUT2D eigenvalue weighted by Gasteiger charge is 2.51. The molecule has 1 saturated heterocycles. The summed E-state index contributed by atoms with van der Waals surface area (Å²) < 4.78 is 0. The van der Waals surface area contributed by atoms with E-state index in [1.54, 1.807) is 0 Å². The topological polar surface area (TPSA) is 52.7 Å². The third-order valence-corrected chi connectivity index (χ3v) is 7.90. The molecule has 1 N–H and O–H groups in total. The largest absolute Gasteiger partial charge is 0.351 e. The SMILES string of the molecule is O=C(CN1CCN(C(=O)C2C3CC4CC(C3)CC2C4)CC1)NCc1ccccc1. The molecule has 4 aliphatic carbocycles. The monoisotopic (exact) mass is 395 g/mol. The van der Waals surface area contributed by atoms with Crippen molar-refractivity contribution in [3.05, 3.63) is 35.9 Å². The molecule has 1 aromatic carbocycles. The maximum absolute atomic E-state index is 13.3. The van der Waals surface area contributed by atoms with Crippen LogP contribution >= 0.6 is 0 Å². The van der Waals surface area contributed by atoms with Crippen LogP contribution in [0.25, 0.3) is 0 Å². The van der Waals surface area contributed by atoms with Crippen LogP contribution in [0.4, 0.5) is 0 Å². The van der Waals surface area contributed by atoms with Gasteiger partial charge in [-0.15, -0.1) is 0 Å². The Balaban J connectivity index is 1.08. The summed E-state index contributed by atoms with van der Waals surface area (Å²) in [6.45, 7) is 4.15. The lowest BCUT2D eigenvalue weighted by Gasteiger charge is -2.54. The zero-order chi connectivity index (χ0) is 19.8. The first-order valence-corrected chi connectivity index (χ1v) is 11.5. The van der Waals surface area contributed by atoms with Gasteiger partial charge < -0.3 is 10.2 Å². The molecule has 2 amide bonds. The van der Waals surface area contributed by atoms with Crippen LogP contribution in [0, 0.1) is 29.6 Å². The molecule has 0 spiro atoms. The maximum atomic E-state index is 13.3. The summed E-state index contributed by atoms with van der Waals surface area (Å²) in [7, 11) is 0. The standard InChI is InChI=1S/C24H33N3O2/c28-22(25-15-17-4-2-1-3-5-17)16-26-6-8-27(9-7-26)24(29)23-20-11-18-10-19(13-20)14-21(23)12-18/h1-5,18-21,23H,6-16H2,(H,25,28). The molecule has 1 aliphatic heterocycles. The number of hydrogen-bond acceptors (Lipinski definition) is 3. The van der Waals surface area contributed by atoms with Crippen LogP contribution in [0.15, 0.2) is 30.3 Å². The number of benzene rings is 1. The number of piperazine rings is 1. The number of carbonyl (C=O) groups excluding carboxylic acids is 2. The van der Waals surface area contributed by atoms with Gasteiger partial charge in [0, 0.05) is 38.6 Å². The first kappa shape index (κ1) is 19.1. The molecule has 0 radical (unpaired) electrons. The predicted molar refractivity (Wildman–Crippen MR) is 112 cm³/mol. The molecule has 1 aromatic rings. The Kier molecular flexibility index (Phi) is 5.33. The highest BCUT2D eigenvalue weighted by atomic mass is 16.2. The highest BCUT2D eigenvalue weighted by molar-refractivity contribution is 5.80. The summed E-state index contributed by atoms with van der Waals surface area (Å²) in [5.74, 6) is 3.91. The van der Waals surface area contributed by atoms with Gasteiger partial charge >= 0.3 is 0 Å². The van der Waals surface area contributed by atoms with Crippen molar-refractivity contribution in [3.63, 3.8) is 0 Å². The van der Waals surface area contributed by atoms with Gasteiger partial charge in [-0.1, -0.05) is 30.3 Å². The summed E-state index contributed by atoms with van der Waals surface area (Å²) in [6.07, 6.45) is 6.62. The Hall–Kier alpha value is -1.88. The van der Waals surface area contributed by atoms with Crippen molar-refractivity contribution >= 4 is 11.8 Å². The molecule has 4 saturated carbocycles. The first-order chi connectivity index (χ1) is 14.2. The fourth-order valence-corrected chi connectivity index (χ4v) is 6.72. The molecule has 156 valence electrons. The van der Waals surface area contributed by atoms with Crippen LogP contribution in [-0.2, 0) is 16.1 Å². The summed E-state index contributed by atoms with van der Waals surface area (Å²) in [6, 6.07) is 10.0. The Labute approximate surface area is 173 Å². The summed E-state index contributed by atoms with van der Waals surface area (Å²) in [4.78, 5) is 29.9. The van der Waals surface area contributed by atoms with Crippen LogP contribution < -0.4 is 5.32 Å². The van der Waals surface area contributed by atoms with E-state index in [0.717, 1.165) is 43.6 Å². The van der Waals surface area contributed by atoms with Gasteiger partial charge in [-0.3, -0.25) is 14.5 Å². The molecule has 5 nitrogen and oxygen atoms in total. The number of carbonyl (C=O) groups is 2. The molecular weight excluding hydrogens is 362 g/mol. The van der Waals surface area contributed by atoms with Crippen LogP contribution in [-0.4, -0.2) is 54.3 Å². The normalized spacial score (nSPS) is 33.7. The number of rotatable bonds is 5. The summed E-state index contributed by atoms with van der Waals surface area (Å²) in [5, 5.41) is 3.01. The van der Waals surface area contributed by atoms with Crippen molar-refractivity contribution in [1.82, 2.24) is 15.1 Å². The maximum Gasteiger partial charge on any atom is 0.234 e. The van der Waals surface area contributed by atoms with Gasteiger partial charge in [-0.2, -0.15) is 0 Å². The van der Waals surface area contributed by atoms with Gasteiger partial charge in [0.05, 0.1) is 6.54 Å². The molecule has 0 aromatic heterocycles. The third kappa shape index (κ3) is 4.07. The van der Waals surface area contributed by atoms with E-state index >= 15 is 0 Å². The zero-order valence-electron chi connectivity index (χ0n) is 17.3. The lowest BCUT2D eigenvalue weighted by molar-refractivity contribution is -0.150. The van der Waals surface area contributed by atoms with Crippen LogP contribution in [0.5, 0.6) is 0 Å². The van der Waals surface area contributed by atoms with E-state index in [4.69, 9.17) is 0 Å². The van der Waals surface area contributed by atoms with Crippen molar-refractivity contribution in [2.75, 3.05) is 32.7 Å². The smallest absolute Gasteiger partial charge is 0.234 e. The molecule has 29 heavy (non-hydrogen) atoms. The summed E-state index contributed by atoms with van der Waals surface area (Å²) >= 11 is 0. The van der Waals surface area contributed by atoms with Crippen molar-refractivity contribution < 1.29 is 9.59 Å². The predicted octanol–water partition coefficient (Wildman–Crippen LogP) is 2.52. The molecule has 5 fully saturated rings. The molecular formula is C24H33N3O2. The second-order valence-corrected chi connectivity index (χ2v) is 9.82. The number of nitrogens with one attached hydrogen (secondary N) is 1. The highest BCUT2D eigenvalue weighted by Crippen LogP contribution is 2.56. The quantitative estimate of drug-likeness (QED) is 0.834. The van der Waals surface area contributed by atoms with E-state index in [1.807, 2.05) is 30.3 Å². The van der Waals surface area contributed by atoms with Gasteiger partial charge in [-0.25, -0.2) is 0 Å². The van der Waals surface area contributed by atoms with Crippen LogP contribution in [0.1, 0.15) is 37.7 Å². The van der Waals surface area contributed by atoms with Gasteiger partial charge in [0.1, 0.15) is 0 Å². The van der Waals surface area contributed by atoms with E-state index in [9.17, 15) is 9.59 Å². The lowest BCUT2D eigenvalue weighted by Crippen LogP contribution is -2.56. The Morgan fingerprint density at radius 2 is 1.48 bits per heavy atom. The zero-order valence-corrected chi connectivity index (χ0v) is 17.3. The molecule has 4 bridgehead atoms. The van der Waals surface area contributed by atoms with Crippen molar-refractivity contribution in [3.8, 4) is 0 Å². The van der Waals surface area contributed by atoms with Crippen LogP contribution in [0.3, 0.4) is 0 Å². The van der Waals surface area contributed by atoms with E-state index in [-0.39, 0.29) is 5.91 Å². The van der Waals surface area contributed by atoms with E-state index in [2.05, 4.69) is 15.1 Å². The first-order valence-electron chi connectivity index (χ1n) is 11.5. The fourth-order valence-electron chi connectivity index (χ4n) is 6.72. The van der Waals surface area contributed by atoms with Crippen LogP contribution in [0.2, 0.25) is 0 Å². The number of hydrogen-bond donors (Lipinski definition) is 1. The van der Waals surface area contributed by atoms with Gasteiger partial charge in [0.15, 0.2) is 0 Å². The van der Waals surface area contributed by atoms with E-state index in [1.165, 1.54) is 32.1 Å². The molecule has 0 atom stereocenters. The Morgan fingerprint density at radius 3 is 2.10 bits per heavy atom. The minimum Gasteiger partial charge on any atom is -0.351 e. The average Bonchev–Trinajstić information content (AvgIpc) is 2.73.